The third kappa shape index (κ3) is 3.28. The van der Waals surface area contributed by atoms with Gasteiger partial charge in [-0.3, -0.25) is 0 Å². The smallest absolute Gasteiger partial charge is 0.319 e. The molecule has 2 amide bonds. The van der Waals surface area contributed by atoms with Crippen LogP contribution >= 0.6 is 23.2 Å². The molecule has 2 N–H and O–H groups in total. The summed E-state index contributed by atoms with van der Waals surface area (Å²) in [4.78, 5) is 11.7. The molecule has 1 atom stereocenters. The third-order valence-electron chi connectivity index (χ3n) is 2.76. The van der Waals surface area contributed by atoms with Crippen molar-refractivity contribution in [1.82, 2.24) is 5.32 Å². The highest BCUT2D eigenvalue weighted by atomic mass is 35.5. The monoisotopic (exact) mass is 288 g/mol. The van der Waals surface area contributed by atoms with E-state index in [4.69, 9.17) is 27.9 Å². The molecule has 0 radical (unpaired) electrons. The first kappa shape index (κ1) is 13.5. The Morgan fingerprint density at radius 2 is 2.17 bits per heavy atom. The lowest BCUT2D eigenvalue weighted by atomic mass is 10.2. The molecule has 1 fully saturated rings. The van der Waals surface area contributed by atoms with Crippen LogP contribution in [0.3, 0.4) is 0 Å². The third-order valence-corrected chi connectivity index (χ3v) is 3.48. The lowest BCUT2D eigenvalue weighted by Crippen LogP contribution is -2.38. The molecule has 6 heteroatoms. The first-order chi connectivity index (χ1) is 8.56. The fourth-order valence-electron chi connectivity index (χ4n) is 1.73. The fraction of sp³-hybridized carbons (Fsp3) is 0.417. The van der Waals surface area contributed by atoms with E-state index in [2.05, 4.69) is 10.6 Å². The normalized spacial score (nSPS) is 18.7. The Hall–Kier alpha value is -0.970. The number of hydrogen-bond acceptors (Lipinski definition) is 2. The minimum absolute atomic E-state index is 0.0599. The first-order valence-electron chi connectivity index (χ1n) is 5.67. The SMILES string of the molecule is Cc1cc(Cl)c(NC(=O)NC2CCOC2)cc1Cl. The van der Waals surface area contributed by atoms with Gasteiger partial charge in [0.25, 0.3) is 0 Å². The number of aryl methyl sites for hydroxylation is 1. The van der Waals surface area contributed by atoms with Gasteiger partial charge in [-0.05, 0) is 31.0 Å². The summed E-state index contributed by atoms with van der Waals surface area (Å²) in [7, 11) is 0. The van der Waals surface area contributed by atoms with Crippen LogP contribution < -0.4 is 10.6 Å². The molecular weight excluding hydrogens is 275 g/mol. The molecule has 1 aromatic carbocycles. The zero-order chi connectivity index (χ0) is 13.1. The van der Waals surface area contributed by atoms with Gasteiger partial charge in [-0.2, -0.15) is 0 Å². The van der Waals surface area contributed by atoms with Crippen LogP contribution in [0.25, 0.3) is 0 Å². The molecule has 1 unspecified atom stereocenters. The minimum Gasteiger partial charge on any atom is -0.379 e. The highest BCUT2D eigenvalue weighted by Gasteiger charge is 2.18. The number of carbonyl (C=O) groups excluding carboxylic acids is 1. The minimum atomic E-state index is -0.299. The summed E-state index contributed by atoms with van der Waals surface area (Å²) in [6.07, 6.45) is 0.829. The molecule has 0 aliphatic carbocycles. The van der Waals surface area contributed by atoms with Crippen molar-refractivity contribution in [3.05, 3.63) is 27.7 Å². The van der Waals surface area contributed by atoms with Crippen LogP contribution in [-0.4, -0.2) is 25.3 Å². The number of amides is 2. The number of urea groups is 1. The Kier molecular flexibility index (Phi) is 4.32. The van der Waals surface area contributed by atoms with Crippen molar-refractivity contribution in [2.75, 3.05) is 18.5 Å². The van der Waals surface area contributed by atoms with Gasteiger partial charge in [-0.1, -0.05) is 23.2 Å². The van der Waals surface area contributed by atoms with E-state index in [1.165, 1.54) is 0 Å². The van der Waals surface area contributed by atoms with Crippen LogP contribution in [-0.2, 0) is 4.74 Å². The summed E-state index contributed by atoms with van der Waals surface area (Å²) in [6.45, 7) is 3.09. The molecule has 0 aromatic heterocycles. The van der Waals surface area contributed by atoms with Gasteiger partial charge in [0.15, 0.2) is 0 Å². The van der Waals surface area contributed by atoms with Crippen molar-refractivity contribution >= 4 is 34.9 Å². The zero-order valence-corrected chi connectivity index (χ0v) is 11.4. The summed E-state index contributed by atoms with van der Waals surface area (Å²) in [6, 6.07) is 3.12. The summed E-state index contributed by atoms with van der Waals surface area (Å²) in [5.74, 6) is 0. The van der Waals surface area contributed by atoms with Crippen molar-refractivity contribution in [1.29, 1.82) is 0 Å². The van der Waals surface area contributed by atoms with E-state index in [1.807, 2.05) is 6.92 Å². The van der Waals surface area contributed by atoms with Gasteiger partial charge in [0.1, 0.15) is 0 Å². The maximum atomic E-state index is 11.7. The summed E-state index contributed by atoms with van der Waals surface area (Å²) in [5, 5.41) is 6.53. The van der Waals surface area contributed by atoms with Gasteiger partial charge in [0.05, 0.1) is 23.4 Å². The molecule has 0 bridgehead atoms. The van der Waals surface area contributed by atoms with E-state index in [1.54, 1.807) is 12.1 Å². The number of hydrogen-bond donors (Lipinski definition) is 2. The Labute approximate surface area is 116 Å². The molecule has 98 valence electrons. The van der Waals surface area contributed by atoms with Crippen molar-refractivity contribution in [3.8, 4) is 0 Å². The Morgan fingerprint density at radius 1 is 1.39 bits per heavy atom. The summed E-state index contributed by atoms with van der Waals surface area (Å²) >= 11 is 12.0. The second kappa shape index (κ2) is 5.78. The van der Waals surface area contributed by atoms with Crippen LogP contribution in [0.4, 0.5) is 10.5 Å². The summed E-state index contributed by atoms with van der Waals surface area (Å²) in [5.41, 5.74) is 1.38. The van der Waals surface area contributed by atoms with E-state index in [-0.39, 0.29) is 12.1 Å². The number of benzene rings is 1. The predicted octanol–water partition coefficient (Wildman–Crippen LogP) is 3.21. The van der Waals surface area contributed by atoms with E-state index < -0.39 is 0 Å². The van der Waals surface area contributed by atoms with Gasteiger partial charge in [-0.25, -0.2) is 4.79 Å². The number of carbonyl (C=O) groups is 1. The summed E-state index contributed by atoms with van der Waals surface area (Å²) < 4.78 is 5.18. The standard InChI is InChI=1S/C12H14Cl2N2O2/c1-7-4-10(14)11(5-9(7)13)16-12(17)15-8-2-3-18-6-8/h4-5,8H,2-3,6H2,1H3,(H2,15,16,17). The largest absolute Gasteiger partial charge is 0.379 e. The van der Waals surface area contributed by atoms with E-state index in [9.17, 15) is 4.79 Å². The zero-order valence-electron chi connectivity index (χ0n) is 9.93. The maximum absolute atomic E-state index is 11.7. The molecule has 4 nitrogen and oxygen atoms in total. The molecule has 0 spiro atoms. The number of nitrogens with one attached hydrogen (secondary N) is 2. The number of halogens is 2. The quantitative estimate of drug-likeness (QED) is 0.878. The van der Waals surface area contributed by atoms with E-state index in [0.29, 0.717) is 28.9 Å². The topological polar surface area (TPSA) is 50.4 Å². The molecule has 1 aliphatic rings. The second-order valence-electron chi connectivity index (χ2n) is 4.24. The average Bonchev–Trinajstić information content (AvgIpc) is 2.78. The molecule has 0 saturated carbocycles. The average molecular weight is 289 g/mol. The first-order valence-corrected chi connectivity index (χ1v) is 6.43. The highest BCUT2D eigenvalue weighted by molar-refractivity contribution is 6.36. The van der Waals surface area contributed by atoms with Crippen molar-refractivity contribution < 1.29 is 9.53 Å². The molecule has 1 aliphatic heterocycles. The van der Waals surface area contributed by atoms with Gasteiger partial charge >= 0.3 is 6.03 Å². The van der Waals surface area contributed by atoms with Crippen LogP contribution in [0.2, 0.25) is 10.0 Å². The van der Waals surface area contributed by atoms with E-state index in [0.717, 1.165) is 12.0 Å². The predicted molar refractivity (Wildman–Crippen MR) is 72.6 cm³/mol. The molecule has 18 heavy (non-hydrogen) atoms. The van der Waals surface area contributed by atoms with Crippen LogP contribution in [0.5, 0.6) is 0 Å². The number of anilines is 1. The van der Waals surface area contributed by atoms with Crippen LogP contribution in [0, 0.1) is 6.92 Å². The van der Waals surface area contributed by atoms with Gasteiger partial charge in [-0.15, -0.1) is 0 Å². The fourth-order valence-corrected chi connectivity index (χ4v) is 2.16. The van der Waals surface area contributed by atoms with Crippen LogP contribution in [0.15, 0.2) is 12.1 Å². The molecule has 1 heterocycles. The highest BCUT2D eigenvalue weighted by Crippen LogP contribution is 2.28. The number of ether oxygens (including phenoxy) is 1. The van der Waals surface area contributed by atoms with Gasteiger partial charge < -0.3 is 15.4 Å². The Balaban J connectivity index is 2.00. The Bertz CT molecular complexity index is 460. The Morgan fingerprint density at radius 3 is 2.83 bits per heavy atom. The van der Waals surface area contributed by atoms with Crippen LogP contribution in [0.1, 0.15) is 12.0 Å². The molecular formula is C12H14Cl2N2O2. The second-order valence-corrected chi connectivity index (χ2v) is 5.05. The van der Waals surface area contributed by atoms with Gasteiger partial charge in [0, 0.05) is 11.6 Å². The lowest BCUT2D eigenvalue weighted by Gasteiger charge is -2.13. The molecule has 1 saturated heterocycles. The molecule has 2 rings (SSSR count). The van der Waals surface area contributed by atoms with E-state index >= 15 is 0 Å². The lowest BCUT2D eigenvalue weighted by molar-refractivity contribution is 0.189. The number of rotatable bonds is 2. The van der Waals surface area contributed by atoms with Gasteiger partial charge in [0.2, 0.25) is 0 Å². The molecule has 1 aromatic rings. The van der Waals surface area contributed by atoms with Crippen molar-refractivity contribution in [2.45, 2.75) is 19.4 Å². The van der Waals surface area contributed by atoms with Crippen molar-refractivity contribution in [2.24, 2.45) is 0 Å². The van der Waals surface area contributed by atoms with Crippen molar-refractivity contribution in [3.63, 3.8) is 0 Å². The maximum Gasteiger partial charge on any atom is 0.319 e.